The number of rotatable bonds is 14. The quantitative estimate of drug-likeness (QED) is 0.225. The molecular weight excluding hydrogens is 430 g/mol. The molecular formula is C29H36F2N2O. The molecule has 0 bridgehead atoms. The number of benzene rings is 2. The van der Waals surface area contributed by atoms with Crippen molar-refractivity contribution in [3.8, 4) is 28.3 Å². The largest absolute Gasteiger partial charge is 0.490 e. The second-order valence-corrected chi connectivity index (χ2v) is 8.81. The molecule has 0 aliphatic heterocycles. The lowest BCUT2D eigenvalue weighted by molar-refractivity contribution is 0.103. The van der Waals surface area contributed by atoms with Crippen molar-refractivity contribution in [2.45, 2.75) is 77.6 Å². The number of nitrogens with zero attached hydrogens (tertiary/aromatic N) is 2. The average Bonchev–Trinajstić information content (AvgIpc) is 2.88. The maximum atomic E-state index is 13.8. The molecule has 182 valence electrons. The Morgan fingerprint density at radius 1 is 0.706 bits per heavy atom. The summed E-state index contributed by atoms with van der Waals surface area (Å²) in [5.74, 6) is 1.21. The van der Waals surface area contributed by atoms with Crippen LogP contribution in [0.3, 0.4) is 0 Å². The molecule has 0 aliphatic rings. The number of alkyl halides is 2. The van der Waals surface area contributed by atoms with Crippen LogP contribution in [-0.2, 0) is 6.42 Å². The van der Waals surface area contributed by atoms with Crippen molar-refractivity contribution >= 4 is 0 Å². The Morgan fingerprint density at radius 3 is 2.00 bits per heavy atom. The zero-order valence-electron chi connectivity index (χ0n) is 20.4. The first-order chi connectivity index (χ1) is 16.6. The van der Waals surface area contributed by atoms with Crippen LogP contribution in [0.1, 0.15) is 64.4 Å². The third-order valence-electron chi connectivity index (χ3n) is 5.99. The minimum absolute atomic E-state index is 0.211. The van der Waals surface area contributed by atoms with E-state index in [0.29, 0.717) is 18.0 Å². The standard InChI is InChI=1S/C29H36F2N2O/c1-3-5-6-7-8-10-22-11-13-24(14-12-22)29-32-19-25(20-33-29)23-15-17-26(18-16-23)34-21-28(31)27(30)9-4-2/h11-20,27-28H,3-10,21H2,1-2H3/t27-,28-/m1/s1. The van der Waals surface area contributed by atoms with Crippen molar-refractivity contribution in [1.29, 1.82) is 0 Å². The molecule has 5 heteroatoms. The van der Waals surface area contributed by atoms with E-state index in [2.05, 4.69) is 41.2 Å². The number of halogens is 2. The molecule has 0 fully saturated rings. The van der Waals surface area contributed by atoms with Crippen LogP contribution in [-0.4, -0.2) is 28.9 Å². The van der Waals surface area contributed by atoms with Crippen LogP contribution in [0.15, 0.2) is 60.9 Å². The fourth-order valence-electron chi connectivity index (χ4n) is 3.86. The number of aromatic nitrogens is 2. The van der Waals surface area contributed by atoms with Gasteiger partial charge in [-0.3, -0.25) is 0 Å². The maximum absolute atomic E-state index is 13.8. The molecule has 0 aliphatic carbocycles. The minimum Gasteiger partial charge on any atom is -0.490 e. The Bertz CT molecular complexity index is 959. The van der Waals surface area contributed by atoms with Crippen molar-refractivity contribution < 1.29 is 13.5 Å². The summed E-state index contributed by atoms with van der Waals surface area (Å²) in [5, 5.41) is 0. The summed E-state index contributed by atoms with van der Waals surface area (Å²) in [6.07, 6.45) is 8.89. The van der Waals surface area contributed by atoms with Crippen LogP contribution < -0.4 is 4.74 Å². The Balaban J connectivity index is 1.53. The fraction of sp³-hybridized carbons (Fsp3) is 0.448. The van der Waals surface area contributed by atoms with Gasteiger partial charge in [-0.25, -0.2) is 18.7 Å². The van der Waals surface area contributed by atoms with Gasteiger partial charge in [-0.05, 0) is 42.5 Å². The molecule has 0 saturated carbocycles. The highest BCUT2D eigenvalue weighted by molar-refractivity contribution is 5.64. The highest BCUT2D eigenvalue weighted by atomic mass is 19.2. The van der Waals surface area contributed by atoms with Gasteiger partial charge in [-0.2, -0.15) is 0 Å². The maximum Gasteiger partial charge on any atom is 0.165 e. The average molecular weight is 467 g/mol. The van der Waals surface area contributed by atoms with Crippen LogP contribution in [0.25, 0.3) is 22.5 Å². The third kappa shape index (κ3) is 7.89. The number of aryl methyl sites for hydroxylation is 1. The van der Waals surface area contributed by atoms with Gasteiger partial charge in [0.05, 0.1) is 0 Å². The van der Waals surface area contributed by atoms with Crippen molar-refractivity contribution in [3.05, 3.63) is 66.5 Å². The Labute approximate surface area is 202 Å². The molecule has 0 N–H and O–H groups in total. The predicted molar refractivity (Wildman–Crippen MR) is 136 cm³/mol. The van der Waals surface area contributed by atoms with Gasteiger partial charge < -0.3 is 4.74 Å². The zero-order valence-corrected chi connectivity index (χ0v) is 20.4. The first kappa shape index (κ1) is 25.8. The van der Waals surface area contributed by atoms with Gasteiger partial charge in [0.1, 0.15) is 18.5 Å². The summed E-state index contributed by atoms with van der Waals surface area (Å²) in [6, 6.07) is 15.8. The first-order valence-corrected chi connectivity index (χ1v) is 12.5. The molecule has 3 nitrogen and oxygen atoms in total. The third-order valence-corrected chi connectivity index (χ3v) is 5.99. The van der Waals surface area contributed by atoms with E-state index in [0.717, 1.165) is 23.1 Å². The first-order valence-electron chi connectivity index (χ1n) is 12.5. The van der Waals surface area contributed by atoms with Crippen molar-refractivity contribution in [1.82, 2.24) is 9.97 Å². The molecule has 1 heterocycles. The molecule has 0 spiro atoms. The number of hydrogen-bond donors (Lipinski definition) is 0. The molecule has 34 heavy (non-hydrogen) atoms. The van der Waals surface area contributed by atoms with Crippen molar-refractivity contribution in [2.75, 3.05) is 6.61 Å². The molecule has 3 rings (SSSR count). The van der Waals surface area contributed by atoms with Crippen LogP contribution in [0.2, 0.25) is 0 Å². The highest BCUT2D eigenvalue weighted by Crippen LogP contribution is 2.24. The lowest BCUT2D eigenvalue weighted by atomic mass is 10.0. The van der Waals surface area contributed by atoms with E-state index in [1.165, 1.54) is 37.7 Å². The molecule has 0 saturated heterocycles. The van der Waals surface area contributed by atoms with E-state index < -0.39 is 12.3 Å². The van der Waals surface area contributed by atoms with Crippen LogP contribution in [0.5, 0.6) is 5.75 Å². The Hall–Kier alpha value is -2.82. The van der Waals surface area contributed by atoms with Gasteiger partial charge in [0, 0.05) is 23.5 Å². The predicted octanol–water partition coefficient (Wildman–Crippen LogP) is 8.18. The van der Waals surface area contributed by atoms with E-state index in [9.17, 15) is 8.78 Å². The lowest BCUT2D eigenvalue weighted by Crippen LogP contribution is -2.24. The molecule has 2 atom stereocenters. The Kier molecular flexibility index (Phi) is 10.5. The lowest BCUT2D eigenvalue weighted by Gasteiger charge is -2.14. The summed E-state index contributed by atoms with van der Waals surface area (Å²) in [7, 11) is 0. The smallest absolute Gasteiger partial charge is 0.165 e. The van der Waals surface area contributed by atoms with E-state index in [1.807, 2.05) is 19.1 Å². The molecule has 2 aromatic carbocycles. The van der Waals surface area contributed by atoms with Crippen LogP contribution in [0.4, 0.5) is 8.78 Å². The fourth-order valence-corrected chi connectivity index (χ4v) is 3.86. The second kappa shape index (κ2) is 13.8. The normalized spacial score (nSPS) is 12.9. The monoisotopic (exact) mass is 466 g/mol. The van der Waals surface area contributed by atoms with Gasteiger partial charge in [0.25, 0.3) is 0 Å². The van der Waals surface area contributed by atoms with E-state index >= 15 is 0 Å². The number of hydrogen-bond acceptors (Lipinski definition) is 3. The van der Waals surface area contributed by atoms with Gasteiger partial charge in [0.15, 0.2) is 12.0 Å². The number of unbranched alkanes of at least 4 members (excludes halogenated alkanes) is 4. The van der Waals surface area contributed by atoms with Gasteiger partial charge in [-0.15, -0.1) is 0 Å². The summed E-state index contributed by atoms with van der Waals surface area (Å²) in [6.45, 7) is 3.79. The highest BCUT2D eigenvalue weighted by Gasteiger charge is 2.20. The molecule has 0 amide bonds. The SMILES string of the molecule is CCCCCCCc1ccc(-c2ncc(-c3ccc(OC[C@@H](F)[C@H](F)CCC)cc3)cn2)cc1. The van der Waals surface area contributed by atoms with Gasteiger partial charge >= 0.3 is 0 Å². The summed E-state index contributed by atoms with van der Waals surface area (Å²) < 4.78 is 32.8. The molecule has 3 aromatic rings. The van der Waals surface area contributed by atoms with E-state index in [1.54, 1.807) is 24.5 Å². The summed E-state index contributed by atoms with van der Waals surface area (Å²) in [4.78, 5) is 9.07. The van der Waals surface area contributed by atoms with Gasteiger partial charge in [-0.1, -0.05) is 82.3 Å². The molecule has 0 radical (unpaired) electrons. The summed E-state index contributed by atoms with van der Waals surface area (Å²) in [5.41, 5.74) is 4.17. The summed E-state index contributed by atoms with van der Waals surface area (Å²) >= 11 is 0. The van der Waals surface area contributed by atoms with Crippen LogP contribution in [0, 0.1) is 0 Å². The topological polar surface area (TPSA) is 35.0 Å². The van der Waals surface area contributed by atoms with E-state index in [-0.39, 0.29) is 13.0 Å². The molecule has 1 aromatic heterocycles. The zero-order chi connectivity index (χ0) is 24.2. The molecule has 0 unspecified atom stereocenters. The number of ether oxygens (including phenoxy) is 1. The van der Waals surface area contributed by atoms with Crippen molar-refractivity contribution in [2.24, 2.45) is 0 Å². The van der Waals surface area contributed by atoms with Crippen molar-refractivity contribution in [3.63, 3.8) is 0 Å². The van der Waals surface area contributed by atoms with Crippen LogP contribution >= 0.6 is 0 Å². The van der Waals surface area contributed by atoms with Gasteiger partial charge in [0.2, 0.25) is 0 Å². The van der Waals surface area contributed by atoms with E-state index in [4.69, 9.17) is 4.74 Å². The Morgan fingerprint density at radius 2 is 1.35 bits per heavy atom. The second-order valence-electron chi connectivity index (χ2n) is 8.81. The minimum atomic E-state index is -1.61.